The van der Waals surface area contributed by atoms with Crippen LogP contribution >= 0.6 is 0 Å². The van der Waals surface area contributed by atoms with Crippen molar-refractivity contribution in [2.45, 2.75) is 21.6 Å². The van der Waals surface area contributed by atoms with Crippen molar-refractivity contribution < 1.29 is 180 Å². The number of anilines is 1. The van der Waals surface area contributed by atoms with Gasteiger partial charge in [0, 0.05) is 11.5 Å². The minimum absolute atomic E-state index is 0. The van der Waals surface area contributed by atoms with Crippen LogP contribution in [0.2, 0.25) is 0 Å². The van der Waals surface area contributed by atoms with E-state index in [1.54, 1.807) is 6.92 Å². The van der Waals surface area contributed by atoms with Crippen molar-refractivity contribution in [3.05, 3.63) is 60.2 Å². The molecule has 0 aliphatic heterocycles. The number of azo groups is 2. The van der Waals surface area contributed by atoms with E-state index in [9.17, 15) is 44.0 Å². The average Bonchev–Trinajstić information content (AvgIpc) is 2.94. The summed E-state index contributed by atoms with van der Waals surface area (Å²) in [5.41, 5.74) is 5.61. The molecule has 0 radical (unpaired) electrons. The van der Waals surface area contributed by atoms with Crippen LogP contribution in [0.3, 0.4) is 0 Å². The van der Waals surface area contributed by atoms with E-state index in [-0.39, 0.29) is 141 Å². The molecule has 250 valence electrons. The number of benzene rings is 4. The van der Waals surface area contributed by atoms with Gasteiger partial charge in [0.15, 0.2) is 0 Å². The molecule has 0 unspecified atom stereocenters. The Hall–Kier alpha value is -0.910. The molecule has 0 saturated heterocycles. The van der Waals surface area contributed by atoms with Crippen LogP contribution < -0.4 is 129 Å². The number of aryl methyl sites for hydroxylation is 1. The average molecular weight is 820 g/mol. The molecule has 0 aromatic heterocycles. The van der Waals surface area contributed by atoms with Gasteiger partial charge in [-0.2, -0.15) is 23.3 Å². The van der Waals surface area contributed by atoms with E-state index < -0.39 is 83.5 Å². The van der Waals surface area contributed by atoms with Crippen LogP contribution in [0.4, 0.5) is 28.4 Å². The molecule has 0 aliphatic carbocycles. The Kier molecular flexibility index (Phi) is 21.7. The Morgan fingerprint density at radius 1 is 0.745 bits per heavy atom. The predicted octanol–water partition coefficient (Wildman–Crippen LogP) is -9.20. The fraction of sp³-hybridized carbons (Fsp3) is 0.0833. The number of ether oxygens (including phenoxy) is 1. The summed E-state index contributed by atoms with van der Waals surface area (Å²) in [6, 6.07) is 10.6. The summed E-state index contributed by atoms with van der Waals surface area (Å²) < 4.78 is 135. The Labute approximate surface area is 381 Å². The Morgan fingerprint density at radius 3 is 1.76 bits per heavy atom. The SMILES string of the molecule is COc1cc(N=Nc2c[c-]ccc2S(=O)(=O)[O-])c(C)cc1N=Nc1cc(S(=O)(=O)[O-])c2cc(S(=O)(=O)[O-])cc(O)c2c1N.O=S(=O)=O.[Na+].[Na+].[Na+].[Na+]. The molecule has 0 fully saturated rings. The third-order valence-corrected chi connectivity index (χ3v) is 8.40. The van der Waals surface area contributed by atoms with E-state index in [0.717, 1.165) is 12.1 Å². The van der Waals surface area contributed by atoms with Crippen molar-refractivity contribution in [3.63, 3.8) is 0 Å². The van der Waals surface area contributed by atoms with Gasteiger partial charge in [0.2, 0.25) is 0 Å². The molecular weight excluding hydrogens is 803 g/mol. The molecule has 0 atom stereocenters. The fourth-order valence-corrected chi connectivity index (χ4v) is 5.64. The summed E-state index contributed by atoms with van der Waals surface area (Å²) in [4.78, 5) is -2.62. The summed E-state index contributed by atoms with van der Waals surface area (Å²) in [6.45, 7) is 1.57. The van der Waals surface area contributed by atoms with Gasteiger partial charge in [0.05, 0.1) is 33.7 Å². The van der Waals surface area contributed by atoms with Crippen LogP contribution in [-0.2, 0) is 41.0 Å². The molecule has 0 bridgehead atoms. The van der Waals surface area contributed by atoms with Gasteiger partial charge in [-0.05, 0) is 47.3 Å². The number of aromatic hydroxyl groups is 1. The van der Waals surface area contributed by atoms with Gasteiger partial charge in [0.1, 0.15) is 53.2 Å². The van der Waals surface area contributed by atoms with E-state index >= 15 is 0 Å². The minimum Gasteiger partial charge on any atom is -0.746 e. The molecule has 4 aromatic carbocycles. The molecule has 27 heteroatoms. The van der Waals surface area contributed by atoms with Crippen LogP contribution in [0.25, 0.3) is 10.8 Å². The first-order chi connectivity index (χ1) is 21.6. The van der Waals surface area contributed by atoms with E-state index in [4.69, 9.17) is 23.1 Å². The number of hydrogen-bond acceptors (Lipinski definition) is 19. The minimum atomic E-state index is -5.32. The van der Waals surface area contributed by atoms with Crippen LogP contribution in [0.5, 0.6) is 11.5 Å². The van der Waals surface area contributed by atoms with Gasteiger partial charge >= 0.3 is 129 Å². The zero-order valence-corrected chi connectivity index (χ0v) is 38.6. The standard InChI is InChI=1S/C24H20N5O11S3.4Na.O3S/c1-12-7-17(20(40-2)10-16(12)27-26-15-5-3-4-6-21(15)42(34,35)36)28-29-18-11-22(43(37,38)39)14-8-13(41(31,32)33)9-19(30)23(14)24(18)25;;;;;1-4(2)3/h4-11,30H,25H2,1-2H3,(H,31,32,33)(H,34,35,36)(H,37,38,39);;;;;/q-1;4*+1;/p-3. The van der Waals surface area contributed by atoms with Crippen molar-refractivity contribution in [3.8, 4) is 11.5 Å². The number of nitrogen functional groups attached to an aromatic ring is 1. The summed E-state index contributed by atoms with van der Waals surface area (Å²) >= 11 is 0. The largest absolute Gasteiger partial charge is 1.00 e. The molecule has 0 aliphatic rings. The van der Waals surface area contributed by atoms with Gasteiger partial charge in [-0.25, -0.2) is 30.4 Å². The van der Waals surface area contributed by atoms with Crippen molar-refractivity contribution in [2.24, 2.45) is 20.5 Å². The van der Waals surface area contributed by atoms with Crippen LogP contribution in [0.1, 0.15) is 5.56 Å². The topological polar surface area (TPSA) is 328 Å². The number of nitrogens with zero attached hydrogens (tertiary/aromatic N) is 4. The Bertz CT molecular complexity index is 2430. The number of hydrogen-bond donors (Lipinski definition) is 2. The van der Waals surface area contributed by atoms with Gasteiger partial charge < -0.3 is 29.2 Å². The normalized spacial score (nSPS) is 11.3. The van der Waals surface area contributed by atoms with Crippen LogP contribution in [0.15, 0.2) is 83.7 Å². The predicted molar refractivity (Wildman–Crippen MR) is 155 cm³/mol. The smallest absolute Gasteiger partial charge is 0.746 e. The quantitative estimate of drug-likeness (QED) is 0.0548. The Morgan fingerprint density at radius 2 is 1.25 bits per heavy atom. The summed E-state index contributed by atoms with van der Waals surface area (Å²) in [5, 5.41) is 25.0. The van der Waals surface area contributed by atoms with E-state index in [1.165, 1.54) is 25.3 Å². The molecule has 0 heterocycles. The maximum absolute atomic E-state index is 12.0. The van der Waals surface area contributed by atoms with Gasteiger partial charge in [-0.1, -0.05) is 0 Å². The van der Waals surface area contributed by atoms with Gasteiger partial charge in [-0.15, -0.1) is 28.9 Å². The maximum Gasteiger partial charge on any atom is 1.00 e. The molecule has 3 N–H and O–H groups in total. The first-order valence-electron chi connectivity index (χ1n) is 11.9. The van der Waals surface area contributed by atoms with Crippen molar-refractivity contribution in [1.29, 1.82) is 0 Å². The molecule has 0 spiro atoms. The molecule has 0 amide bonds. The second-order valence-electron chi connectivity index (χ2n) is 8.84. The third kappa shape index (κ3) is 14.0. The second kappa shape index (κ2) is 21.3. The number of phenolic OH excluding ortho intramolecular Hbond substituents is 1. The monoisotopic (exact) mass is 819 g/mol. The zero-order chi connectivity index (χ0) is 35.5. The molecule has 0 saturated carbocycles. The molecule has 4 aromatic rings. The number of methoxy groups -OCH3 is 1. The van der Waals surface area contributed by atoms with Crippen molar-refractivity contribution in [1.82, 2.24) is 0 Å². The zero-order valence-electron chi connectivity index (χ0n) is 27.4. The molecule has 51 heavy (non-hydrogen) atoms. The Balaban J connectivity index is 0. The first-order valence-corrected chi connectivity index (χ1v) is 17.1. The maximum atomic E-state index is 12.0. The van der Waals surface area contributed by atoms with Crippen LogP contribution in [0, 0.1) is 13.0 Å². The number of phenols is 1. The van der Waals surface area contributed by atoms with Gasteiger partial charge in [0.25, 0.3) is 0 Å². The number of rotatable bonds is 8. The third-order valence-electron chi connectivity index (χ3n) is 5.83. The number of fused-ring (bicyclic) bond motifs is 1. The van der Waals surface area contributed by atoms with Gasteiger partial charge in [-0.3, -0.25) is 0 Å². The van der Waals surface area contributed by atoms with Crippen molar-refractivity contribution >= 4 is 80.2 Å². The molecule has 4 rings (SSSR count). The fourth-order valence-electron chi connectivity index (χ4n) is 3.84. The summed E-state index contributed by atoms with van der Waals surface area (Å²) in [6.07, 6.45) is 0. The molecule has 19 nitrogen and oxygen atoms in total. The first kappa shape index (κ1) is 52.2. The summed E-state index contributed by atoms with van der Waals surface area (Å²) in [7, 11) is -17.2. The van der Waals surface area contributed by atoms with Crippen LogP contribution in [-0.4, -0.2) is 63.8 Å². The van der Waals surface area contributed by atoms with Crippen molar-refractivity contribution in [2.75, 3.05) is 12.8 Å². The number of nitrogens with two attached hydrogens (primary N) is 1. The van der Waals surface area contributed by atoms with E-state index in [2.05, 4.69) is 26.5 Å². The van der Waals surface area contributed by atoms with E-state index in [0.29, 0.717) is 23.8 Å². The van der Waals surface area contributed by atoms with E-state index in [1.807, 2.05) is 0 Å². The summed E-state index contributed by atoms with van der Waals surface area (Å²) in [5.74, 6) is -0.859. The molecular formula is C24H17N5Na4O14S4. The second-order valence-corrected chi connectivity index (χ2v) is 13.3.